The van der Waals surface area contributed by atoms with E-state index >= 15 is 0 Å². The fraction of sp³-hybridized carbons (Fsp3) is 0.625. The zero-order valence-electron chi connectivity index (χ0n) is 12.3. The highest BCUT2D eigenvalue weighted by molar-refractivity contribution is 9.10. The summed E-state index contributed by atoms with van der Waals surface area (Å²) in [4.78, 5) is 0. The number of rotatable bonds is 6. The second-order valence-electron chi connectivity index (χ2n) is 5.49. The molecule has 1 aliphatic rings. The predicted molar refractivity (Wildman–Crippen MR) is 83.4 cm³/mol. The average molecular weight is 362 g/mol. The summed E-state index contributed by atoms with van der Waals surface area (Å²) >= 11 is 3.13. The van der Waals surface area contributed by atoms with Gasteiger partial charge in [0, 0.05) is 18.2 Å². The van der Waals surface area contributed by atoms with Crippen LogP contribution in [-0.2, 0) is 11.2 Å². The van der Waals surface area contributed by atoms with E-state index in [0.717, 1.165) is 38.8 Å². The summed E-state index contributed by atoms with van der Waals surface area (Å²) in [5.41, 5.74) is 0.132. The molecule has 2 rings (SSSR count). The zero-order valence-corrected chi connectivity index (χ0v) is 13.9. The molecule has 0 amide bonds. The second kappa shape index (κ2) is 8.20. The first kappa shape index (κ1) is 16.8. The van der Waals surface area contributed by atoms with Crippen molar-refractivity contribution in [3.8, 4) is 0 Å². The Morgan fingerprint density at radius 1 is 1.38 bits per heavy atom. The number of hydrogen-bond donors (Lipinski definition) is 1. The molecule has 0 bridgehead atoms. The van der Waals surface area contributed by atoms with Crippen molar-refractivity contribution >= 4 is 15.9 Å². The van der Waals surface area contributed by atoms with E-state index in [2.05, 4.69) is 28.2 Å². The molecule has 118 valence electrons. The Labute approximate surface area is 133 Å². The van der Waals surface area contributed by atoms with Crippen molar-refractivity contribution in [2.75, 3.05) is 13.2 Å². The Morgan fingerprint density at radius 2 is 2.19 bits per heavy atom. The summed E-state index contributed by atoms with van der Waals surface area (Å²) < 4.78 is 34.2. The maximum atomic E-state index is 14.2. The summed E-state index contributed by atoms with van der Waals surface area (Å²) in [5.74, 6) is -0.996. The average Bonchev–Trinajstić information content (AvgIpc) is 2.51. The third kappa shape index (κ3) is 4.47. The lowest BCUT2D eigenvalue weighted by Gasteiger charge is -2.31. The Balaban J connectivity index is 2.15. The van der Waals surface area contributed by atoms with Crippen LogP contribution in [0.2, 0.25) is 0 Å². The predicted octanol–water partition coefficient (Wildman–Crippen LogP) is 4.21. The van der Waals surface area contributed by atoms with Gasteiger partial charge in [-0.2, -0.15) is 0 Å². The van der Waals surface area contributed by atoms with Gasteiger partial charge in [0.15, 0.2) is 0 Å². The maximum absolute atomic E-state index is 14.2. The van der Waals surface area contributed by atoms with Gasteiger partial charge in [-0.3, -0.25) is 0 Å². The van der Waals surface area contributed by atoms with Crippen molar-refractivity contribution in [3.05, 3.63) is 33.8 Å². The normalized spacial score (nSPS) is 20.5. The molecule has 1 heterocycles. The Bertz CT molecular complexity index is 464. The van der Waals surface area contributed by atoms with Gasteiger partial charge in [-0.25, -0.2) is 8.78 Å². The molecule has 1 fully saturated rings. The first-order chi connectivity index (χ1) is 10.1. The van der Waals surface area contributed by atoms with Crippen molar-refractivity contribution in [1.29, 1.82) is 0 Å². The zero-order chi connectivity index (χ0) is 15.2. The molecular formula is C16H22BrF2NO. The minimum Gasteiger partial charge on any atom is -0.377 e. The van der Waals surface area contributed by atoms with E-state index in [4.69, 9.17) is 4.74 Å². The molecule has 1 aliphatic heterocycles. The molecule has 1 aromatic rings. The highest BCUT2D eigenvalue weighted by Crippen LogP contribution is 2.25. The fourth-order valence-corrected chi connectivity index (χ4v) is 3.10. The van der Waals surface area contributed by atoms with Crippen LogP contribution >= 0.6 is 15.9 Å². The number of halogens is 3. The second-order valence-corrected chi connectivity index (χ2v) is 6.35. The largest absolute Gasteiger partial charge is 0.377 e. The van der Waals surface area contributed by atoms with Crippen molar-refractivity contribution in [3.63, 3.8) is 0 Å². The van der Waals surface area contributed by atoms with E-state index in [1.807, 2.05) is 0 Å². The van der Waals surface area contributed by atoms with Gasteiger partial charge < -0.3 is 10.1 Å². The number of nitrogens with one attached hydrogen (secondary N) is 1. The first-order valence-corrected chi connectivity index (χ1v) is 8.40. The molecule has 0 aromatic heterocycles. The van der Waals surface area contributed by atoms with Gasteiger partial charge in [-0.15, -0.1) is 0 Å². The lowest BCUT2D eigenvalue weighted by molar-refractivity contribution is -0.00767. The summed E-state index contributed by atoms with van der Waals surface area (Å²) in [5, 5.41) is 3.39. The van der Waals surface area contributed by atoms with Crippen molar-refractivity contribution in [2.24, 2.45) is 0 Å². The molecule has 2 atom stereocenters. The first-order valence-electron chi connectivity index (χ1n) is 7.60. The minimum absolute atomic E-state index is 0.0306. The summed E-state index contributed by atoms with van der Waals surface area (Å²) in [6.45, 7) is 3.63. The summed E-state index contributed by atoms with van der Waals surface area (Å²) in [6, 6.07) is 2.66. The third-order valence-electron chi connectivity index (χ3n) is 3.88. The van der Waals surface area contributed by atoms with E-state index in [0.29, 0.717) is 10.9 Å². The quantitative estimate of drug-likeness (QED) is 0.766. The van der Waals surface area contributed by atoms with E-state index in [9.17, 15) is 8.78 Å². The van der Waals surface area contributed by atoms with Crippen LogP contribution in [0.5, 0.6) is 0 Å². The van der Waals surface area contributed by atoms with Crippen LogP contribution in [0.1, 0.15) is 38.2 Å². The third-order valence-corrected chi connectivity index (χ3v) is 4.50. The molecule has 2 nitrogen and oxygen atoms in total. The monoisotopic (exact) mass is 361 g/mol. The molecule has 0 saturated carbocycles. The van der Waals surface area contributed by atoms with Gasteiger partial charge in [-0.1, -0.05) is 6.92 Å². The molecule has 0 spiro atoms. The summed E-state index contributed by atoms with van der Waals surface area (Å²) in [6.07, 6.45) is 4.44. The lowest BCUT2D eigenvalue weighted by Crippen LogP contribution is -2.45. The molecule has 0 aliphatic carbocycles. The maximum Gasteiger partial charge on any atom is 0.143 e. The molecule has 2 unspecified atom stereocenters. The molecule has 5 heteroatoms. The van der Waals surface area contributed by atoms with E-state index in [1.165, 1.54) is 12.1 Å². The van der Waals surface area contributed by atoms with Crippen molar-refractivity contribution in [2.45, 2.75) is 51.2 Å². The molecule has 1 aromatic carbocycles. The van der Waals surface area contributed by atoms with Gasteiger partial charge in [0.2, 0.25) is 0 Å². The summed E-state index contributed by atoms with van der Waals surface area (Å²) in [7, 11) is 0. The van der Waals surface area contributed by atoms with Crippen LogP contribution in [0.3, 0.4) is 0 Å². The molecule has 1 saturated heterocycles. The lowest BCUT2D eigenvalue weighted by atomic mass is 9.95. The standard InChI is InChI=1S/C16H22BrF2NO/c1-2-8-20-14(15-5-3-4-9-21-15)10-11-13(18)7-6-12(17)16(11)19/h6-7,14-15,20H,2-5,8-10H2,1H3. The van der Waals surface area contributed by atoms with Crippen LogP contribution in [0.4, 0.5) is 8.78 Å². The highest BCUT2D eigenvalue weighted by atomic mass is 79.9. The SMILES string of the molecule is CCCNC(Cc1c(F)ccc(Br)c1F)C1CCCCO1. The van der Waals surface area contributed by atoms with Crippen LogP contribution < -0.4 is 5.32 Å². The van der Waals surface area contributed by atoms with Crippen LogP contribution in [0.25, 0.3) is 0 Å². The number of hydrogen-bond acceptors (Lipinski definition) is 2. The van der Waals surface area contributed by atoms with Gasteiger partial charge in [0.25, 0.3) is 0 Å². The highest BCUT2D eigenvalue weighted by Gasteiger charge is 2.26. The number of benzene rings is 1. The van der Waals surface area contributed by atoms with Crippen LogP contribution in [0.15, 0.2) is 16.6 Å². The molecule has 0 radical (unpaired) electrons. The van der Waals surface area contributed by atoms with Crippen LogP contribution in [-0.4, -0.2) is 25.3 Å². The van der Waals surface area contributed by atoms with Gasteiger partial charge in [-0.05, 0) is 66.7 Å². The van der Waals surface area contributed by atoms with Crippen molar-refractivity contribution in [1.82, 2.24) is 5.32 Å². The molecule has 21 heavy (non-hydrogen) atoms. The van der Waals surface area contributed by atoms with Crippen molar-refractivity contribution < 1.29 is 13.5 Å². The Hall–Kier alpha value is -0.520. The fourth-order valence-electron chi connectivity index (χ4n) is 2.72. The van der Waals surface area contributed by atoms with E-state index < -0.39 is 11.6 Å². The van der Waals surface area contributed by atoms with E-state index in [-0.39, 0.29) is 17.7 Å². The van der Waals surface area contributed by atoms with Crippen LogP contribution in [0, 0.1) is 11.6 Å². The van der Waals surface area contributed by atoms with E-state index in [1.54, 1.807) is 0 Å². The van der Waals surface area contributed by atoms with Gasteiger partial charge in [0.05, 0.1) is 10.6 Å². The Kier molecular flexibility index (Phi) is 6.58. The van der Waals surface area contributed by atoms with Gasteiger partial charge >= 0.3 is 0 Å². The number of ether oxygens (including phenoxy) is 1. The minimum atomic E-state index is -0.505. The molecule has 1 N–H and O–H groups in total. The molecular weight excluding hydrogens is 340 g/mol. The van der Waals surface area contributed by atoms with Gasteiger partial charge in [0.1, 0.15) is 11.6 Å². The Morgan fingerprint density at radius 3 is 2.86 bits per heavy atom. The topological polar surface area (TPSA) is 21.3 Å². The smallest absolute Gasteiger partial charge is 0.143 e.